The number of primary sulfonamides is 1. The smallest absolute Gasteiger partial charge is 0.306 e. The zero-order chi connectivity index (χ0) is 26.7. The Balaban J connectivity index is 1.91. The fraction of sp³-hybridized carbons (Fsp3) is 0.364. The molecular weight excluding hydrogens is 624 g/mol. The van der Waals surface area contributed by atoms with E-state index in [9.17, 15) is 28.1 Å². The van der Waals surface area contributed by atoms with Crippen molar-refractivity contribution in [2.75, 3.05) is 41.8 Å². The Labute approximate surface area is 225 Å². The average Bonchev–Trinajstić information content (AvgIpc) is 2.84. The molecule has 0 aliphatic carbocycles. The van der Waals surface area contributed by atoms with Gasteiger partial charge >= 0.3 is 5.97 Å². The highest BCUT2D eigenvalue weighted by atomic mass is 79.9. The summed E-state index contributed by atoms with van der Waals surface area (Å²) in [5.41, 5.74) is 1.25. The molecule has 0 atom stereocenters. The van der Waals surface area contributed by atoms with Gasteiger partial charge in [-0.3, -0.25) is 19.7 Å². The van der Waals surface area contributed by atoms with E-state index in [1.807, 2.05) is 4.90 Å². The van der Waals surface area contributed by atoms with E-state index < -0.39 is 26.8 Å². The topological polar surface area (TPSA) is 162 Å². The number of amides is 1. The van der Waals surface area contributed by atoms with Crippen LogP contribution in [-0.2, 0) is 26.0 Å². The number of benzene rings is 2. The summed E-state index contributed by atoms with van der Waals surface area (Å²) < 4.78 is 27.7. The fourth-order valence-electron chi connectivity index (χ4n) is 3.24. The van der Waals surface area contributed by atoms with Gasteiger partial charge in [0.1, 0.15) is 6.61 Å². The third-order valence-corrected chi connectivity index (χ3v) is 6.64. The number of carbonyl (C=O) groups excluding carboxylic acids is 2. The Kier molecular flexibility index (Phi) is 11.8. The molecule has 1 amide bonds. The number of anilines is 1. The van der Waals surface area contributed by atoms with Crippen LogP contribution in [0.1, 0.15) is 22.3 Å². The summed E-state index contributed by atoms with van der Waals surface area (Å²) in [5.74, 6) is -1.01. The number of non-ortho nitro benzene ring substituents is 1. The second-order valence-electron chi connectivity index (χ2n) is 7.49. The molecule has 0 bridgehead atoms. The van der Waals surface area contributed by atoms with E-state index in [2.05, 4.69) is 37.2 Å². The van der Waals surface area contributed by atoms with Crippen LogP contribution in [0.2, 0.25) is 0 Å². The van der Waals surface area contributed by atoms with Gasteiger partial charge in [0.05, 0.1) is 27.6 Å². The van der Waals surface area contributed by atoms with Crippen LogP contribution < -0.4 is 15.4 Å². The molecule has 2 aromatic rings. The normalized spacial score (nSPS) is 11.1. The van der Waals surface area contributed by atoms with Crippen molar-refractivity contribution >= 4 is 65.1 Å². The highest BCUT2D eigenvalue weighted by Crippen LogP contribution is 2.26. The maximum Gasteiger partial charge on any atom is 0.306 e. The zero-order valence-electron chi connectivity index (χ0n) is 19.2. The molecule has 2 rings (SSSR count). The monoisotopic (exact) mass is 648 g/mol. The van der Waals surface area contributed by atoms with E-state index in [0.717, 1.165) is 5.56 Å². The maximum absolute atomic E-state index is 12.8. The van der Waals surface area contributed by atoms with Crippen LogP contribution >= 0.6 is 31.9 Å². The van der Waals surface area contributed by atoms with Gasteiger partial charge in [-0.15, -0.1) is 0 Å². The first-order valence-corrected chi connectivity index (χ1v) is 14.6. The highest BCUT2D eigenvalue weighted by Gasteiger charge is 2.20. The number of nitrogens with zero attached hydrogens (tertiary/aromatic N) is 2. The lowest BCUT2D eigenvalue weighted by molar-refractivity contribution is -0.384. The largest absolute Gasteiger partial charge is 0.464 e. The number of carbonyl (C=O) groups is 2. The first kappa shape index (κ1) is 29.7. The number of esters is 1. The molecule has 11 nitrogen and oxygen atoms in total. The van der Waals surface area contributed by atoms with Crippen molar-refractivity contribution in [3.63, 3.8) is 0 Å². The number of ether oxygens (including phenoxy) is 1. The standard InChI is InChI=1S/C22H26Br2N4O7S/c23-9-12-27(13-10-24)20-7-4-17(28(31)32)15-19(20)22(30)26-11-14-35-21(29)8-3-16-1-5-18(6-2-16)36(25,33)34/h1-2,4-7,15H,3,8-14H2,(H,26,30)(H2,25,33,34). The van der Waals surface area contributed by atoms with Gasteiger partial charge in [-0.25, -0.2) is 13.6 Å². The molecule has 196 valence electrons. The summed E-state index contributed by atoms with van der Waals surface area (Å²) >= 11 is 6.75. The van der Waals surface area contributed by atoms with Crippen molar-refractivity contribution in [1.82, 2.24) is 5.32 Å². The molecule has 36 heavy (non-hydrogen) atoms. The molecule has 0 aliphatic heterocycles. The number of halogens is 2. The number of nitro groups is 1. The van der Waals surface area contributed by atoms with Gasteiger partial charge in [0, 0.05) is 42.3 Å². The zero-order valence-corrected chi connectivity index (χ0v) is 23.2. The number of hydrogen-bond acceptors (Lipinski definition) is 8. The molecule has 0 saturated carbocycles. The molecule has 0 aliphatic rings. The van der Waals surface area contributed by atoms with Gasteiger partial charge in [-0.2, -0.15) is 0 Å². The van der Waals surface area contributed by atoms with Crippen LogP contribution in [0.3, 0.4) is 0 Å². The van der Waals surface area contributed by atoms with Gasteiger partial charge in [0.15, 0.2) is 0 Å². The number of sulfonamides is 1. The van der Waals surface area contributed by atoms with Crippen molar-refractivity contribution in [2.45, 2.75) is 17.7 Å². The molecule has 14 heteroatoms. The summed E-state index contributed by atoms with van der Waals surface area (Å²) in [5, 5.41) is 20.2. The second kappa shape index (κ2) is 14.3. The molecule has 2 aromatic carbocycles. The van der Waals surface area contributed by atoms with Crippen LogP contribution in [0.5, 0.6) is 0 Å². The number of alkyl halides is 2. The van der Waals surface area contributed by atoms with Crippen LogP contribution in [-0.4, -0.2) is 62.1 Å². The lowest BCUT2D eigenvalue weighted by atomic mass is 10.1. The summed E-state index contributed by atoms with van der Waals surface area (Å²) in [6.45, 7) is 1.12. The lowest BCUT2D eigenvalue weighted by Gasteiger charge is -2.25. The Morgan fingerprint density at radius 1 is 1.08 bits per heavy atom. The summed E-state index contributed by atoms with van der Waals surface area (Å²) in [6.07, 6.45) is 0.399. The van der Waals surface area contributed by atoms with E-state index >= 15 is 0 Å². The van der Waals surface area contributed by atoms with Crippen molar-refractivity contribution in [3.8, 4) is 0 Å². The van der Waals surface area contributed by atoms with Crippen LogP contribution in [0.25, 0.3) is 0 Å². The van der Waals surface area contributed by atoms with E-state index in [1.165, 1.54) is 24.3 Å². The molecule has 0 unspecified atom stereocenters. The summed E-state index contributed by atoms with van der Waals surface area (Å²) in [6, 6.07) is 10.00. The Bertz CT molecular complexity index is 1170. The first-order chi connectivity index (χ1) is 17.1. The highest BCUT2D eigenvalue weighted by molar-refractivity contribution is 9.09. The molecule has 0 radical (unpaired) electrons. The average molecular weight is 650 g/mol. The number of rotatable bonds is 14. The summed E-state index contributed by atoms with van der Waals surface area (Å²) in [4.78, 5) is 37.4. The molecule has 0 aromatic heterocycles. The van der Waals surface area contributed by atoms with Crippen LogP contribution in [0.15, 0.2) is 47.4 Å². The molecule has 0 heterocycles. The van der Waals surface area contributed by atoms with Gasteiger partial charge in [-0.1, -0.05) is 44.0 Å². The second-order valence-corrected chi connectivity index (χ2v) is 10.6. The molecule has 0 fully saturated rings. The summed E-state index contributed by atoms with van der Waals surface area (Å²) in [7, 11) is -3.78. The Morgan fingerprint density at radius 2 is 1.72 bits per heavy atom. The van der Waals surface area contributed by atoms with Crippen molar-refractivity contribution in [1.29, 1.82) is 0 Å². The minimum absolute atomic E-state index is 0.0148. The van der Waals surface area contributed by atoms with Gasteiger partial charge in [0.2, 0.25) is 10.0 Å². The lowest BCUT2D eigenvalue weighted by Crippen LogP contribution is -2.33. The van der Waals surface area contributed by atoms with Crippen molar-refractivity contribution in [3.05, 3.63) is 63.7 Å². The Morgan fingerprint density at radius 3 is 2.28 bits per heavy atom. The predicted octanol–water partition coefficient (Wildman–Crippen LogP) is 2.74. The minimum Gasteiger partial charge on any atom is -0.464 e. The quantitative estimate of drug-likeness (QED) is 0.104. The SMILES string of the molecule is NS(=O)(=O)c1ccc(CCC(=O)OCCNC(=O)c2cc([N+](=O)[O-])ccc2N(CCBr)CCBr)cc1. The Hall–Kier alpha value is -2.55. The van der Waals surface area contributed by atoms with Crippen molar-refractivity contribution in [2.24, 2.45) is 5.14 Å². The van der Waals surface area contributed by atoms with Gasteiger partial charge < -0.3 is 15.0 Å². The van der Waals surface area contributed by atoms with Gasteiger partial charge in [-0.05, 0) is 30.2 Å². The molecule has 0 spiro atoms. The fourth-order valence-corrected chi connectivity index (χ4v) is 4.61. The third-order valence-electron chi connectivity index (χ3n) is 5.01. The van der Waals surface area contributed by atoms with Crippen LogP contribution in [0.4, 0.5) is 11.4 Å². The minimum atomic E-state index is -3.78. The number of nitrogens with one attached hydrogen (secondary N) is 1. The predicted molar refractivity (Wildman–Crippen MR) is 142 cm³/mol. The van der Waals surface area contributed by atoms with Crippen LogP contribution in [0, 0.1) is 10.1 Å². The number of nitrogens with two attached hydrogens (primary N) is 1. The van der Waals surface area contributed by atoms with E-state index in [-0.39, 0.29) is 35.7 Å². The van der Waals surface area contributed by atoms with E-state index in [1.54, 1.807) is 18.2 Å². The molecule has 0 saturated heterocycles. The number of nitro benzene ring substituents is 1. The first-order valence-electron chi connectivity index (χ1n) is 10.8. The number of hydrogen-bond donors (Lipinski definition) is 2. The van der Waals surface area contributed by atoms with E-state index in [0.29, 0.717) is 35.9 Å². The van der Waals surface area contributed by atoms with Gasteiger partial charge in [0.25, 0.3) is 11.6 Å². The molecule has 3 N–H and O–H groups in total. The molecular formula is C22H26Br2N4O7S. The third kappa shape index (κ3) is 9.15. The maximum atomic E-state index is 12.8. The van der Waals surface area contributed by atoms with E-state index in [4.69, 9.17) is 9.88 Å². The van der Waals surface area contributed by atoms with Crippen molar-refractivity contribution < 1.29 is 27.7 Å². The number of aryl methyl sites for hydroxylation is 1.